The Morgan fingerprint density at radius 1 is 1.35 bits per heavy atom. The number of nitrogens with one attached hydrogen (secondary N) is 2. The second-order valence-electron chi connectivity index (χ2n) is 6.12. The molecule has 0 radical (unpaired) electrons. The number of benzene rings is 1. The molecule has 1 aliphatic heterocycles. The third-order valence-corrected chi connectivity index (χ3v) is 4.01. The third kappa shape index (κ3) is 4.34. The number of carbonyl (C=O) groups is 1. The van der Waals surface area contributed by atoms with Crippen molar-refractivity contribution in [2.75, 3.05) is 13.1 Å². The van der Waals surface area contributed by atoms with Crippen molar-refractivity contribution < 1.29 is 4.79 Å². The lowest BCUT2D eigenvalue weighted by molar-refractivity contribution is -0.123. The van der Waals surface area contributed by atoms with E-state index in [1.54, 1.807) is 0 Å². The van der Waals surface area contributed by atoms with Crippen molar-refractivity contribution >= 4 is 5.91 Å². The van der Waals surface area contributed by atoms with Gasteiger partial charge in [-0.3, -0.25) is 4.79 Å². The van der Waals surface area contributed by atoms with Crippen LogP contribution in [-0.4, -0.2) is 19.0 Å². The highest BCUT2D eigenvalue weighted by atomic mass is 16.1. The van der Waals surface area contributed by atoms with Crippen molar-refractivity contribution in [2.45, 2.75) is 39.2 Å². The first-order valence-corrected chi connectivity index (χ1v) is 7.72. The Hall–Kier alpha value is -1.35. The fourth-order valence-electron chi connectivity index (χ4n) is 2.89. The standard InChI is InChI=1S/C17H26N2O/c1-13(2)17(15-8-4-3-5-9-15)19-16(20)11-14-7-6-10-18-12-14/h3-5,8-9,13-14,17-18H,6-7,10-12H2,1-2H3,(H,19,20). The summed E-state index contributed by atoms with van der Waals surface area (Å²) < 4.78 is 0. The molecule has 2 unspecified atom stereocenters. The van der Waals surface area contributed by atoms with Gasteiger partial charge in [-0.1, -0.05) is 44.2 Å². The molecular formula is C17H26N2O. The second kappa shape index (κ2) is 7.44. The van der Waals surface area contributed by atoms with E-state index in [4.69, 9.17) is 0 Å². The fourth-order valence-corrected chi connectivity index (χ4v) is 2.89. The van der Waals surface area contributed by atoms with Crippen LogP contribution in [0, 0.1) is 11.8 Å². The molecule has 0 saturated carbocycles. The maximum absolute atomic E-state index is 12.3. The number of carbonyl (C=O) groups excluding carboxylic acids is 1. The van der Waals surface area contributed by atoms with E-state index < -0.39 is 0 Å². The van der Waals surface area contributed by atoms with Crippen LogP contribution in [0.4, 0.5) is 0 Å². The van der Waals surface area contributed by atoms with Gasteiger partial charge in [0.2, 0.25) is 5.91 Å². The summed E-state index contributed by atoms with van der Waals surface area (Å²) in [6.45, 7) is 6.38. The van der Waals surface area contributed by atoms with Crippen LogP contribution in [0.5, 0.6) is 0 Å². The van der Waals surface area contributed by atoms with E-state index in [-0.39, 0.29) is 11.9 Å². The molecule has 1 amide bonds. The minimum absolute atomic E-state index is 0.111. The lowest BCUT2D eigenvalue weighted by Crippen LogP contribution is -2.36. The Kier molecular flexibility index (Phi) is 5.60. The predicted molar refractivity (Wildman–Crippen MR) is 82.4 cm³/mol. The Balaban J connectivity index is 1.92. The van der Waals surface area contributed by atoms with Crippen molar-refractivity contribution in [3.8, 4) is 0 Å². The van der Waals surface area contributed by atoms with Crippen LogP contribution < -0.4 is 10.6 Å². The third-order valence-electron chi connectivity index (χ3n) is 4.01. The van der Waals surface area contributed by atoms with E-state index >= 15 is 0 Å². The van der Waals surface area contributed by atoms with Gasteiger partial charge in [-0.05, 0) is 43.3 Å². The molecule has 1 heterocycles. The molecule has 1 aromatic rings. The summed E-state index contributed by atoms with van der Waals surface area (Å²) in [6.07, 6.45) is 2.99. The minimum atomic E-state index is 0.111. The predicted octanol–water partition coefficient (Wildman–Crippen LogP) is 2.89. The van der Waals surface area contributed by atoms with E-state index in [0.29, 0.717) is 18.3 Å². The molecule has 3 heteroatoms. The van der Waals surface area contributed by atoms with Crippen LogP contribution in [0.2, 0.25) is 0 Å². The molecule has 0 aromatic heterocycles. The zero-order chi connectivity index (χ0) is 14.4. The second-order valence-corrected chi connectivity index (χ2v) is 6.12. The molecule has 0 spiro atoms. The van der Waals surface area contributed by atoms with Gasteiger partial charge in [-0.15, -0.1) is 0 Å². The van der Waals surface area contributed by atoms with Crippen LogP contribution in [0.15, 0.2) is 30.3 Å². The molecule has 1 aliphatic rings. The number of rotatable bonds is 5. The first-order chi connectivity index (χ1) is 9.66. The maximum atomic E-state index is 12.3. The molecule has 1 fully saturated rings. The molecule has 1 aromatic carbocycles. The lowest BCUT2D eigenvalue weighted by Gasteiger charge is -2.26. The van der Waals surface area contributed by atoms with Crippen LogP contribution in [0.3, 0.4) is 0 Å². The zero-order valence-corrected chi connectivity index (χ0v) is 12.6. The van der Waals surface area contributed by atoms with Gasteiger partial charge in [0.25, 0.3) is 0 Å². The lowest BCUT2D eigenvalue weighted by atomic mass is 9.93. The summed E-state index contributed by atoms with van der Waals surface area (Å²) >= 11 is 0. The highest BCUT2D eigenvalue weighted by Gasteiger charge is 2.21. The average molecular weight is 274 g/mol. The average Bonchev–Trinajstić information content (AvgIpc) is 2.46. The topological polar surface area (TPSA) is 41.1 Å². The van der Waals surface area contributed by atoms with E-state index in [1.165, 1.54) is 12.0 Å². The minimum Gasteiger partial charge on any atom is -0.349 e. The smallest absolute Gasteiger partial charge is 0.220 e. The number of piperidine rings is 1. The van der Waals surface area contributed by atoms with Gasteiger partial charge in [0.15, 0.2) is 0 Å². The van der Waals surface area contributed by atoms with Gasteiger partial charge in [0.1, 0.15) is 0 Å². The first-order valence-electron chi connectivity index (χ1n) is 7.72. The number of hydrogen-bond acceptors (Lipinski definition) is 2. The van der Waals surface area contributed by atoms with Gasteiger partial charge in [0.05, 0.1) is 6.04 Å². The Bertz CT molecular complexity index is 410. The van der Waals surface area contributed by atoms with Gasteiger partial charge in [-0.2, -0.15) is 0 Å². The number of hydrogen-bond donors (Lipinski definition) is 2. The summed E-state index contributed by atoms with van der Waals surface area (Å²) in [5.74, 6) is 1.07. The molecular weight excluding hydrogens is 248 g/mol. The molecule has 0 aliphatic carbocycles. The monoisotopic (exact) mass is 274 g/mol. The van der Waals surface area contributed by atoms with E-state index in [0.717, 1.165) is 19.5 Å². The van der Waals surface area contributed by atoms with Crippen molar-refractivity contribution in [3.63, 3.8) is 0 Å². The van der Waals surface area contributed by atoms with Crippen LogP contribution in [0.25, 0.3) is 0 Å². The Labute approximate surface area is 122 Å². The van der Waals surface area contributed by atoms with Crippen molar-refractivity contribution in [2.24, 2.45) is 11.8 Å². The van der Waals surface area contributed by atoms with E-state index in [1.807, 2.05) is 18.2 Å². The van der Waals surface area contributed by atoms with Gasteiger partial charge in [-0.25, -0.2) is 0 Å². The summed E-state index contributed by atoms with van der Waals surface area (Å²) in [6, 6.07) is 10.4. The van der Waals surface area contributed by atoms with Gasteiger partial charge < -0.3 is 10.6 Å². The number of amides is 1. The summed E-state index contributed by atoms with van der Waals surface area (Å²) in [7, 11) is 0. The quantitative estimate of drug-likeness (QED) is 0.867. The fraction of sp³-hybridized carbons (Fsp3) is 0.588. The molecule has 1 saturated heterocycles. The molecule has 2 N–H and O–H groups in total. The first kappa shape index (κ1) is 15.0. The van der Waals surface area contributed by atoms with Crippen LogP contribution in [0.1, 0.15) is 44.7 Å². The van der Waals surface area contributed by atoms with Gasteiger partial charge >= 0.3 is 0 Å². The van der Waals surface area contributed by atoms with E-state index in [2.05, 4.69) is 36.6 Å². The molecule has 0 bridgehead atoms. The molecule has 20 heavy (non-hydrogen) atoms. The Morgan fingerprint density at radius 3 is 2.70 bits per heavy atom. The van der Waals surface area contributed by atoms with Gasteiger partial charge in [0, 0.05) is 6.42 Å². The SMILES string of the molecule is CC(C)C(NC(=O)CC1CCCNC1)c1ccccc1. The Morgan fingerprint density at radius 2 is 2.10 bits per heavy atom. The molecule has 2 atom stereocenters. The summed E-state index contributed by atoms with van der Waals surface area (Å²) in [5, 5.41) is 6.58. The van der Waals surface area contributed by atoms with Crippen LogP contribution >= 0.6 is 0 Å². The highest BCUT2D eigenvalue weighted by Crippen LogP contribution is 2.22. The largest absolute Gasteiger partial charge is 0.349 e. The molecule has 110 valence electrons. The van der Waals surface area contributed by atoms with Crippen molar-refractivity contribution in [3.05, 3.63) is 35.9 Å². The van der Waals surface area contributed by atoms with Crippen molar-refractivity contribution in [1.82, 2.24) is 10.6 Å². The normalized spacial score (nSPS) is 20.6. The summed E-state index contributed by atoms with van der Waals surface area (Å²) in [4.78, 5) is 12.3. The molecule has 2 rings (SSSR count). The maximum Gasteiger partial charge on any atom is 0.220 e. The van der Waals surface area contributed by atoms with Crippen LogP contribution in [-0.2, 0) is 4.79 Å². The van der Waals surface area contributed by atoms with Crippen molar-refractivity contribution in [1.29, 1.82) is 0 Å². The van der Waals surface area contributed by atoms with E-state index in [9.17, 15) is 4.79 Å². The highest BCUT2D eigenvalue weighted by molar-refractivity contribution is 5.76. The molecule has 3 nitrogen and oxygen atoms in total. The summed E-state index contributed by atoms with van der Waals surface area (Å²) in [5.41, 5.74) is 1.19. The zero-order valence-electron chi connectivity index (χ0n) is 12.6.